The van der Waals surface area contributed by atoms with E-state index in [1.54, 1.807) is 6.20 Å². The fourth-order valence-corrected chi connectivity index (χ4v) is 3.18. The molecular weight excluding hydrogens is 493 g/mol. The van der Waals surface area contributed by atoms with Crippen LogP contribution in [-0.2, 0) is 19.6 Å². The van der Waals surface area contributed by atoms with Crippen molar-refractivity contribution in [1.82, 2.24) is 20.4 Å². The normalized spacial score (nSPS) is 12.4. The molecule has 2 aromatic carbocycles. The molecular formula is C22H26IN5O2. The lowest BCUT2D eigenvalue weighted by Gasteiger charge is -2.14. The summed E-state index contributed by atoms with van der Waals surface area (Å²) in [6.07, 6.45) is 3.77. The van der Waals surface area contributed by atoms with Crippen LogP contribution in [0.25, 0.3) is 0 Å². The SMILES string of the molecule is CCNC(=NCc1ccc2c(c1)OCO2)NCc1ccccc1Cn1cccn1.I. The minimum atomic E-state index is 0. The highest BCUT2D eigenvalue weighted by Crippen LogP contribution is 2.32. The fraction of sp³-hybridized carbons (Fsp3) is 0.273. The van der Waals surface area contributed by atoms with Gasteiger partial charge >= 0.3 is 0 Å². The molecule has 0 radical (unpaired) electrons. The van der Waals surface area contributed by atoms with Gasteiger partial charge in [0.1, 0.15) is 0 Å². The number of fused-ring (bicyclic) bond motifs is 1. The van der Waals surface area contributed by atoms with Crippen molar-refractivity contribution in [3.63, 3.8) is 0 Å². The lowest BCUT2D eigenvalue weighted by Crippen LogP contribution is -2.37. The zero-order valence-electron chi connectivity index (χ0n) is 16.9. The van der Waals surface area contributed by atoms with Crippen LogP contribution < -0.4 is 20.1 Å². The summed E-state index contributed by atoms with van der Waals surface area (Å²) in [4.78, 5) is 4.71. The molecule has 0 aliphatic carbocycles. The molecule has 1 aliphatic rings. The fourth-order valence-electron chi connectivity index (χ4n) is 3.18. The van der Waals surface area contributed by atoms with E-state index in [0.29, 0.717) is 13.1 Å². The van der Waals surface area contributed by atoms with Gasteiger partial charge in [0.15, 0.2) is 17.5 Å². The Kier molecular flexibility index (Phi) is 7.95. The highest BCUT2D eigenvalue weighted by Gasteiger charge is 2.13. The predicted molar refractivity (Wildman–Crippen MR) is 127 cm³/mol. The Morgan fingerprint density at radius 1 is 1.07 bits per heavy atom. The number of nitrogens with one attached hydrogen (secondary N) is 2. The summed E-state index contributed by atoms with van der Waals surface area (Å²) in [5, 5.41) is 11.0. The van der Waals surface area contributed by atoms with E-state index in [-0.39, 0.29) is 30.8 Å². The van der Waals surface area contributed by atoms with Gasteiger partial charge in [-0.2, -0.15) is 5.10 Å². The van der Waals surface area contributed by atoms with Gasteiger partial charge in [-0.1, -0.05) is 30.3 Å². The van der Waals surface area contributed by atoms with Gasteiger partial charge in [0.05, 0.1) is 13.1 Å². The lowest BCUT2D eigenvalue weighted by molar-refractivity contribution is 0.174. The third kappa shape index (κ3) is 5.65. The van der Waals surface area contributed by atoms with Gasteiger partial charge < -0.3 is 20.1 Å². The summed E-state index contributed by atoms with van der Waals surface area (Å²) < 4.78 is 12.7. The second-order valence-corrected chi connectivity index (χ2v) is 6.71. The summed E-state index contributed by atoms with van der Waals surface area (Å²) in [7, 11) is 0. The van der Waals surface area contributed by atoms with Crippen molar-refractivity contribution in [1.29, 1.82) is 0 Å². The number of nitrogens with zero attached hydrogens (tertiary/aromatic N) is 3. The van der Waals surface area contributed by atoms with Crippen LogP contribution in [0.4, 0.5) is 0 Å². The number of hydrogen-bond donors (Lipinski definition) is 2. The average Bonchev–Trinajstić information content (AvgIpc) is 3.42. The van der Waals surface area contributed by atoms with Crippen LogP contribution in [0.15, 0.2) is 65.9 Å². The smallest absolute Gasteiger partial charge is 0.231 e. The Hall–Kier alpha value is -2.75. The van der Waals surface area contributed by atoms with Crippen LogP contribution in [0.3, 0.4) is 0 Å². The maximum Gasteiger partial charge on any atom is 0.231 e. The summed E-state index contributed by atoms with van der Waals surface area (Å²) in [6, 6.07) is 16.2. The summed E-state index contributed by atoms with van der Waals surface area (Å²) >= 11 is 0. The Morgan fingerprint density at radius 3 is 2.70 bits per heavy atom. The van der Waals surface area contributed by atoms with Gasteiger partial charge in [-0.3, -0.25) is 4.68 Å². The van der Waals surface area contributed by atoms with Crippen LogP contribution in [0.5, 0.6) is 11.5 Å². The van der Waals surface area contributed by atoms with E-state index in [9.17, 15) is 0 Å². The van der Waals surface area contributed by atoms with Crippen LogP contribution in [0.2, 0.25) is 0 Å². The molecule has 2 N–H and O–H groups in total. The Morgan fingerprint density at radius 2 is 1.90 bits per heavy atom. The van der Waals surface area contributed by atoms with E-state index in [0.717, 1.165) is 36.1 Å². The van der Waals surface area contributed by atoms with Gasteiger partial charge in [0.2, 0.25) is 6.79 Å². The molecule has 1 aliphatic heterocycles. The molecule has 0 bridgehead atoms. The van der Waals surface area contributed by atoms with Crippen LogP contribution in [-0.4, -0.2) is 29.1 Å². The van der Waals surface area contributed by atoms with Gasteiger partial charge in [-0.25, -0.2) is 4.99 Å². The van der Waals surface area contributed by atoms with Crippen molar-refractivity contribution in [3.05, 3.63) is 77.6 Å². The summed E-state index contributed by atoms with van der Waals surface area (Å²) in [6.45, 7) is 5.12. The zero-order valence-corrected chi connectivity index (χ0v) is 19.2. The van der Waals surface area contributed by atoms with Crippen molar-refractivity contribution in [2.45, 2.75) is 26.6 Å². The van der Waals surface area contributed by atoms with E-state index in [4.69, 9.17) is 14.5 Å². The van der Waals surface area contributed by atoms with Crippen LogP contribution in [0.1, 0.15) is 23.6 Å². The van der Waals surface area contributed by atoms with E-state index in [2.05, 4.69) is 46.9 Å². The molecule has 0 saturated heterocycles. The van der Waals surface area contributed by atoms with Crippen molar-refractivity contribution in [2.24, 2.45) is 4.99 Å². The topological polar surface area (TPSA) is 72.7 Å². The third-order valence-corrected chi connectivity index (χ3v) is 4.66. The number of hydrogen-bond acceptors (Lipinski definition) is 4. The number of halogens is 1. The number of benzene rings is 2. The molecule has 0 atom stereocenters. The van der Waals surface area contributed by atoms with E-state index < -0.39 is 0 Å². The number of aromatic nitrogens is 2. The molecule has 0 spiro atoms. The van der Waals surface area contributed by atoms with E-state index in [1.165, 1.54) is 11.1 Å². The highest BCUT2D eigenvalue weighted by atomic mass is 127. The lowest BCUT2D eigenvalue weighted by atomic mass is 10.1. The largest absolute Gasteiger partial charge is 0.454 e. The summed E-state index contributed by atoms with van der Waals surface area (Å²) in [5.41, 5.74) is 3.53. The maximum atomic E-state index is 5.45. The molecule has 4 rings (SSSR count). The minimum Gasteiger partial charge on any atom is -0.454 e. The van der Waals surface area contributed by atoms with E-state index in [1.807, 2.05) is 35.1 Å². The molecule has 2 heterocycles. The quantitative estimate of drug-likeness (QED) is 0.284. The number of guanidine groups is 1. The molecule has 7 nitrogen and oxygen atoms in total. The standard InChI is InChI=1S/C22H25N5O2.HI/c1-2-23-22(24-13-17-8-9-20-21(12-17)29-16-28-20)25-14-18-6-3-4-7-19(18)15-27-11-5-10-26-27;/h3-12H,2,13-16H2,1H3,(H2,23,24,25);1H. The Labute approximate surface area is 193 Å². The second kappa shape index (κ2) is 10.9. The molecule has 0 unspecified atom stereocenters. The first-order chi connectivity index (χ1) is 14.3. The summed E-state index contributed by atoms with van der Waals surface area (Å²) in [5.74, 6) is 2.35. The van der Waals surface area contributed by atoms with Gasteiger partial charge in [0, 0.05) is 25.5 Å². The predicted octanol–water partition coefficient (Wildman–Crippen LogP) is 3.53. The van der Waals surface area contributed by atoms with Crippen molar-refractivity contribution in [3.8, 4) is 11.5 Å². The first-order valence-corrected chi connectivity index (χ1v) is 9.76. The Balaban J connectivity index is 0.00000256. The molecule has 3 aromatic rings. The number of ether oxygens (including phenoxy) is 2. The maximum absolute atomic E-state index is 5.45. The van der Waals surface area contributed by atoms with Crippen molar-refractivity contribution < 1.29 is 9.47 Å². The molecule has 0 fully saturated rings. The molecule has 158 valence electrons. The molecule has 8 heteroatoms. The highest BCUT2D eigenvalue weighted by molar-refractivity contribution is 14.0. The van der Waals surface area contributed by atoms with Crippen LogP contribution >= 0.6 is 24.0 Å². The van der Waals surface area contributed by atoms with Gasteiger partial charge in [-0.15, -0.1) is 24.0 Å². The molecule has 30 heavy (non-hydrogen) atoms. The molecule has 0 amide bonds. The van der Waals surface area contributed by atoms with Crippen molar-refractivity contribution >= 4 is 29.9 Å². The van der Waals surface area contributed by atoms with Crippen molar-refractivity contribution in [2.75, 3.05) is 13.3 Å². The third-order valence-electron chi connectivity index (χ3n) is 4.66. The molecule has 0 saturated carbocycles. The van der Waals surface area contributed by atoms with Gasteiger partial charge in [-0.05, 0) is 41.8 Å². The average molecular weight is 519 g/mol. The second-order valence-electron chi connectivity index (χ2n) is 6.71. The first kappa shape index (κ1) is 21.9. The Bertz CT molecular complexity index is 975. The van der Waals surface area contributed by atoms with Gasteiger partial charge in [0.25, 0.3) is 0 Å². The molecule has 1 aromatic heterocycles. The van der Waals surface area contributed by atoms with E-state index >= 15 is 0 Å². The number of aliphatic imine (C=N–C) groups is 1. The monoisotopic (exact) mass is 519 g/mol. The number of rotatable bonds is 7. The zero-order chi connectivity index (χ0) is 19.9. The first-order valence-electron chi connectivity index (χ1n) is 9.76. The van der Waals surface area contributed by atoms with Crippen LogP contribution in [0, 0.1) is 0 Å². The minimum absolute atomic E-state index is 0.